The minimum atomic E-state index is -0.708. The highest BCUT2D eigenvalue weighted by atomic mass is 16.6. The van der Waals surface area contributed by atoms with Gasteiger partial charge in [0.15, 0.2) is 6.29 Å². The first-order valence-corrected chi connectivity index (χ1v) is 5.31. The molecule has 86 valence electrons. The Morgan fingerprint density at radius 2 is 2.12 bits per heavy atom. The molecule has 1 N–H and O–H groups in total. The van der Waals surface area contributed by atoms with Crippen LogP contribution in [0.1, 0.15) is 23.2 Å². The van der Waals surface area contributed by atoms with Crippen LogP contribution >= 0.6 is 0 Å². The first-order chi connectivity index (χ1) is 7.75. The van der Waals surface area contributed by atoms with Crippen LogP contribution in [0, 0.1) is 0 Å². The van der Waals surface area contributed by atoms with Gasteiger partial charge in [-0.2, -0.15) is 0 Å². The second kappa shape index (κ2) is 5.09. The Morgan fingerprint density at radius 3 is 2.75 bits per heavy atom. The monoisotopic (exact) mass is 222 g/mol. The molecule has 1 aliphatic rings. The molecule has 0 spiro atoms. The predicted octanol–water partition coefficient (Wildman–Crippen LogP) is 1.34. The SMILES string of the molecule is O=C(OCC1CCC(O)O1)c1ccccc1. The van der Waals surface area contributed by atoms with E-state index in [1.165, 1.54) is 0 Å². The maximum absolute atomic E-state index is 11.5. The fraction of sp³-hybridized carbons (Fsp3) is 0.417. The van der Waals surface area contributed by atoms with Gasteiger partial charge in [0.2, 0.25) is 0 Å². The first kappa shape index (κ1) is 11.1. The van der Waals surface area contributed by atoms with Gasteiger partial charge in [-0.05, 0) is 18.6 Å². The molecule has 0 aromatic heterocycles. The van der Waals surface area contributed by atoms with Crippen LogP contribution in [-0.4, -0.2) is 30.1 Å². The van der Waals surface area contributed by atoms with Crippen LogP contribution in [0.5, 0.6) is 0 Å². The molecule has 2 atom stereocenters. The van der Waals surface area contributed by atoms with Gasteiger partial charge in [-0.1, -0.05) is 18.2 Å². The summed E-state index contributed by atoms with van der Waals surface area (Å²) in [5, 5.41) is 9.12. The summed E-state index contributed by atoms with van der Waals surface area (Å²) >= 11 is 0. The number of ether oxygens (including phenoxy) is 2. The standard InChI is InChI=1S/C12H14O4/c13-11-7-6-10(16-11)8-15-12(14)9-4-2-1-3-5-9/h1-5,10-11,13H,6-8H2. The number of aliphatic hydroxyl groups excluding tert-OH is 1. The van der Waals surface area contributed by atoms with Gasteiger partial charge in [0, 0.05) is 6.42 Å². The fourth-order valence-corrected chi connectivity index (χ4v) is 1.64. The highest BCUT2D eigenvalue weighted by molar-refractivity contribution is 5.89. The zero-order valence-electron chi connectivity index (χ0n) is 8.83. The molecule has 0 aliphatic carbocycles. The van der Waals surface area contributed by atoms with Crippen molar-refractivity contribution < 1.29 is 19.4 Å². The largest absolute Gasteiger partial charge is 0.459 e. The van der Waals surface area contributed by atoms with E-state index in [4.69, 9.17) is 14.6 Å². The molecule has 1 aliphatic heterocycles. The quantitative estimate of drug-likeness (QED) is 0.784. The Labute approximate surface area is 93.8 Å². The Morgan fingerprint density at radius 1 is 1.38 bits per heavy atom. The maximum atomic E-state index is 11.5. The van der Waals surface area contributed by atoms with Crippen molar-refractivity contribution in [1.82, 2.24) is 0 Å². The van der Waals surface area contributed by atoms with Crippen molar-refractivity contribution in [1.29, 1.82) is 0 Å². The minimum absolute atomic E-state index is 0.178. The molecule has 0 bridgehead atoms. The van der Waals surface area contributed by atoms with Crippen molar-refractivity contribution in [3.05, 3.63) is 35.9 Å². The summed E-state index contributed by atoms with van der Waals surface area (Å²) in [6, 6.07) is 8.81. The topological polar surface area (TPSA) is 55.8 Å². The van der Waals surface area contributed by atoms with Crippen LogP contribution in [0.2, 0.25) is 0 Å². The van der Waals surface area contributed by atoms with E-state index in [0.29, 0.717) is 12.0 Å². The second-order valence-electron chi connectivity index (χ2n) is 3.75. The molecule has 1 aromatic rings. The zero-order chi connectivity index (χ0) is 11.4. The summed E-state index contributed by atoms with van der Waals surface area (Å²) in [6.45, 7) is 0.199. The summed E-state index contributed by atoms with van der Waals surface area (Å²) in [5.41, 5.74) is 0.529. The number of carbonyl (C=O) groups is 1. The average molecular weight is 222 g/mol. The van der Waals surface area contributed by atoms with Gasteiger partial charge in [-0.3, -0.25) is 0 Å². The lowest BCUT2D eigenvalue weighted by molar-refractivity contribution is -0.103. The Hall–Kier alpha value is -1.39. The van der Waals surface area contributed by atoms with Gasteiger partial charge >= 0.3 is 5.97 Å². The summed E-state index contributed by atoms with van der Waals surface area (Å²) in [5.74, 6) is -0.356. The van der Waals surface area contributed by atoms with Crippen molar-refractivity contribution >= 4 is 5.97 Å². The number of esters is 1. The van der Waals surface area contributed by atoms with Crippen LogP contribution in [0.3, 0.4) is 0 Å². The third-order valence-electron chi connectivity index (χ3n) is 2.49. The third-order valence-corrected chi connectivity index (χ3v) is 2.49. The van der Waals surface area contributed by atoms with E-state index >= 15 is 0 Å². The maximum Gasteiger partial charge on any atom is 0.338 e. The number of hydrogen-bond acceptors (Lipinski definition) is 4. The molecule has 1 fully saturated rings. The van der Waals surface area contributed by atoms with Crippen molar-refractivity contribution in [2.45, 2.75) is 25.2 Å². The second-order valence-corrected chi connectivity index (χ2v) is 3.75. The molecule has 1 saturated heterocycles. The number of rotatable bonds is 3. The van der Waals surface area contributed by atoms with E-state index in [1.807, 2.05) is 6.07 Å². The van der Waals surface area contributed by atoms with Gasteiger partial charge in [0.1, 0.15) is 6.61 Å². The summed E-state index contributed by atoms with van der Waals surface area (Å²) in [4.78, 5) is 11.5. The molecule has 2 unspecified atom stereocenters. The Kier molecular flexibility index (Phi) is 3.54. The predicted molar refractivity (Wildman–Crippen MR) is 56.8 cm³/mol. The molecular formula is C12H14O4. The number of hydrogen-bond donors (Lipinski definition) is 1. The molecular weight excluding hydrogens is 208 g/mol. The molecule has 1 aromatic carbocycles. The smallest absolute Gasteiger partial charge is 0.338 e. The van der Waals surface area contributed by atoms with Crippen LogP contribution in [0.15, 0.2) is 30.3 Å². The van der Waals surface area contributed by atoms with Crippen LogP contribution in [0.25, 0.3) is 0 Å². The molecule has 4 nitrogen and oxygen atoms in total. The molecule has 4 heteroatoms. The Bertz CT molecular complexity index is 349. The third kappa shape index (κ3) is 2.81. The highest BCUT2D eigenvalue weighted by Crippen LogP contribution is 2.18. The summed E-state index contributed by atoms with van der Waals surface area (Å²) in [7, 11) is 0. The molecule has 0 amide bonds. The molecule has 0 radical (unpaired) electrons. The van der Waals surface area contributed by atoms with Gasteiger partial charge in [0.05, 0.1) is 11.7 Å². The van der Waals surface area contributed by atoms with Gasteiger partial charge < -0.3 is 14.6 Å². The van der Waals surface area contributed by atoms with E-state index in [9.17, 15) is 4.79 Å². The van der Waals surface area contributed by atoms with E-state index in [1.54, 1.807) is 24.3 Å². The first-order valence-electron chi connectivity index (χ1n) is 5.31. The normalized spacial score (nSPS) is 24.3. The highest BCUT2D eigenvalue weighted by Gasteiger charge is 2.24. The van der Waals surface area contributed by atoms with Gasteiger partial charge in [-0.15, -0.1) is 0 Å². The van der Waals surface area contributed by atoms with Crippen LogP contribution < -0.4 is 0 Å². The van der Waals surface area contributed by atoms with Crippen molar-refractivity contribution in [2.24, 2.45) is 0 Å². The lowest BCUT2D eigenvalue weighted by atomic mass is 10.2. The van der Waals surface area contributed by atoms with E-state index in [2.05, 4.69) is 0 Å². The van der Waals surface area contributed by atoms with Gasteiger partial charge in [-0.25, -0.2) is 4.79 Å². The lowest BCUT2D eigenvalue weighted by Gasteiger charge is -2.10. The van der Waals surface area contributed by atoms with E-state index in [0.717, 1.165) is 6.42 Å². The number of carbonyl (C=O) groups excluding carboxylic acids is 1. The molecule has 16 heavy (non-hydrogen) atoms. The van der Waals surface area contributed by atoms with Crippen molar-refractivity contribution in [3.8, 4) is 0 Å². The number of aliphatic hydroxyl groups is 1. The zero-order valence-corrected chi connectivity index (χ0v) is 8.83. The van der Waals surface area contributed by atoms with E-state index in [-0.39, 0.29) is 18.7 Å². The van der Waals surface area contributed by atoms with Crippen molar-refractivity contribution in [2.75, 3.05) is 6.61 Å². The van der Waals surface area contributed by atoms with Crippen LogP contribution in [-0.2, 0) is 9.47 Å². The molecule has 2 rings (SSSR count). The molecule has 0 saturated carbocycles. The van der Waals surface area contributed by atoms with Crippen LogP contribution in [0.4, 0.5) is 0 Å². The summed E-state index contributed by atoms with van der Waals surface area (Å²) in [6.07, 6.45) is 0.444. The minimum Gasteiger partial charge on any atom is -0.459 e. The van der Waals surface area contributed by atoms with Crippen molar-refractivity contribution in [3.63, 3.8) is 0 Å². The average Bonchev–Trinajstić information content (AvgIpc) is 2.73. The van der Waals surface area contributed by atoms with Gasteiger partial charge in [0.25, 0.3) is 0 Å². The Balaban J connectivity index is 1.80. The molecule has 1 heterocycles. The number of benzene rings is 1. The van der Waals surface area contributed by atoms with E-state index < -0.39 is 6.29 Å². The summed E-state index contributed by atoms with van der Waals surface area (Å²) < 4.78 is 10.2. The lowest BCUT2D eigenvalue weighted by Crippen LogP contribution is -2.19. The fourth-order valence-electron chi connectivity index (χ4n) is 1.64.